The van der Waals surface area contributed by atoms with Gasteiger partial charge in [0, 0.05) is 5.69 Å². The zero-order chi connectivity index (χ0) is 17.9. The molecular weight excluding hydrogens is 398 g/mol. The van der Waals surface area contributed by atoms with Gasteiger partial charge in [-0.15, -0.1) is 0 Å². The first-order valence-electron chi connectivity index (χ1n) is 6.96. The Hall–Kier alpha value is -2.00. The quantitative estimate of drug-likeness (QED) is 0.788. The van der Waals surface area contributed by atoms with Crippen LogP contribution in [0.15, 0.2) is 22.0 Å². The van der Waals surface area contributed by atoms with Crippen molar-refractivity contribution in [3.05, 3.63) is 27.7 Å². The van der Waals surface area contributed by atoms with Crippen LogP contribution in [0.3, 0.4) is 0 Å². The third kappa shape index (κ3) is 5.27. The Morgan fingerprint density at radius 3 is 2.54 bits per heavy atom. The van der Waals surface area contributed by atoms with Gasteiger partial charge in [-0.25, -0.2) is 14.9 Å². The number of amides is 2. The highest BCUT2D eigenvalue weighted by Gasteiger charge is 2.21. The number of nitrogens with zero attached hydrogens (tertiary/aromatic N) is 2. The predicted molar refractivity (Wildman–Crippen MR) is 93.2 cm³/mol. The van der Waals surface area contributed by atoms with Crippen LogP contribution in [0.1, 0.15) is 26.5 Å². The highest BCUT2D eigenvalue weighted by molar-refractivity contribution is 9.11. The fourth-order valence-corrected chi connectivity index (χ4v) is 3.01. The molecule has 0 radical (unpaired) electrons. The number of ether oxygens (including phenoxy) is 2. The molecule has 0 aliphatic rings. The fraction of sp³-hybridized carbons (Fsp3) is 0.333. The van der Waals surface area contributed by atoms with Gasteiger partial charge in [-0.2, -0.15) is 4.98 Å². The van der Waals surface area contributed by atoms with Crippen molar-refractivity contribution < 1.29 is 19.1 Å². The summed E-state index contributed by atoms with van der Waals surface area (Å²) in [5.41, 5.74) is 1.35. The van der Waals surface area contributed by atoms with E-state index in [2.05, 4.69) is 25.9 Å². The van der Waals surface area contributed by atoms with Crippen LogP contribution in [0.2, 0.25) is 0 Å². The molecule has 2 rings (SSSR count). The largest absolute Gasteiger partial charge is 0.443 e. The Labute approximate surface area is 151 Å². The SMILES string of the molecule is Cc1cccc(-c2nc(OC(=O)NC(=O)OC(C)(C)C)sc2Br)n1. The number of rotatable bonds is 2. The zero-order valence-corrected chi connectivity index (χ0v) is 15.9. The van der Waals surface area contributed by atoms with Crippen molar-refractivity contribution in [2.75, 3.05) is 0 Å². The van der Waals surface area contributed by atoms with Crippen LogP contribution in [-0.2, 0) is 4.74 Å². The predicted octanol–water partition coefficient (Wildman–Crippen LogP) is 4.30. The van der Waals surface area contributed by atoms with Crippen molar-refractivity contribution >= 4 is 39.5 Å². The van der Waals surface area contributed by atoms with E-state index in [0.717, 1.165) is 17.0 Å². The molecule has 0 aliphatic heterocycles. The molecule has 128 valence electrons. The summed E-state index contributed by atoms with van der Waals surface area (Å²) in [7, 11) is 0. The number of hydrogen-bond acceptors (Lipinski definition) is 7. The molecule has 24 heavy (non-hydrogen) atoms. The average Bonchev–Trinajstić information content (AvgIpc) is 2.76. The molecule has 0 aromatic carbocycles. The molecule has 0 saturated heterocycles. The lowest BCUT2D eigenvalue weighted by atomic mass is 10.2. The lowest BCUT2D eigenvalue weighted by Crippen LogP contribution is -2.37. The standard InChI is InChI=1S/C15H16BrN3O4S/c1-8-6-5-7-9(17-8)10-11(16)24-14(18-10)22-12(20)19-13(21)23-15(2,3)4/h5-7H,1-4H3,(H,19,20,21). The van der Waals surface area contributed by atoms with Crippen molar-refractivity contribution in [2.45, 2.75) is 33.3 Å². The van der Waals surface area contributed by atoms with E-state index in [1.807, 2.05) is 24.4 Å². The van der Waals surface area contributed by atoms with E-state index in [-0.39, 0.29) is 5.19 Å². The third-order valence-corrected chi connectivity index (χ3v) is 4.06. The number of carbonyl (C=O) groups excluding carboxylic acids is 2. The maximum absolute atomic E-state index is 11.7. The average molecular weight is 414 g/mol. The number of halogens is 1. The van der Waals surface area contributed by atoms with Crippen LogP contribution in [0.25, 0.3) is 11.4 Å². The van der Waals surface area contributed by atoms with Gasteiger partial charge in [-0.05, 0) is 55.8 Å². The minimum Gasteiger partial charge on any atom is -0.443 e. The summed E-state index contributed by atoms with van der Waals surface area (Å²) in [6, 6.07) is 5.53. The lowest BCUT2D eigenvalue weighted by molar-refractivity contribution is 0.0533. The van der Waals surface area contributed by atoms with Crippen molar-refractivity contribution in [1.82, 2.24) is 15.3 Å². The summed E-state index contributed by atoms with van der Waals surface area (Å²) >= 11 is 4.49. The minimum absolute atomic E-state index is 0.0845. The van der Waals surface area contributed by atoms with Crippen molar-refractivity contribution in [2.24, 2.45) is 0 Å². The molecule has 0 fully saturated rings. The molecule has 0 bridgehead atoms. The summed E-state index contributed by atoms with van der Waals surface area (Å²) in [6.45, 7) is 6.94. The third-order valence-electron chi connectivity index (χ3n) is 2.48. The van der Waals surface area contributed by atoms with E-state index < -0.39 is 17.8 Å². The summed E-state index contributed by atoms with van der Waals surface area (Å²) in [6.07, 6.45) is -1.85. The fourth-order valence-electron chi connectivity index (χ4n) is 1.65. The van der Waals surface area contributed by atoms with Crippen LogP contribution < -0.4 is 10.1 Å². The van der Waals surface area contributed by atoms with Crippen LogP contribution in [0.5, 0.6) is 5.19 Å². The monoisotopic (exact) mass is 413 g/mol. The molecule has 1 N–H and O–H groups in total. The summed E-state index contributed by atoms with van der Waals surface area (Å²) in [5, 5.41) is 2.06. The second-order valence-electron chi connectivity index (χ2n) is 5.78. The Morgan fingerprint density at radius 2 is 1.92 bits per heavy atom. The van der Waals surface area contributed by atoms with Crippen molar-refractivity contribution in [1.29, 1.82) is 0 Å². The van der Waals surface area contributed by atoms with Crippen molar-refractivity contribution in [3.8, 4) is 16.6 Å². The molecule has 0 atom stereocenters. The van der Waals surface area contributed by atoms with Gasteiger partial charge in [-0.3, -0.25) is 4.98 Å². The van der Waals surface area contributed by atoms with Gasteiger partial charge in [0.1, 0.15) is 15.1 Å². The summed E-state index contributed by atoms with van der Waals surface area (Å²) in [4.78, 5) is 31.8. The number of aryl methyl sites for hydroxylation is 1. The Bertz CT molecular complexity index is 770. The van der Waals surface area contributed by atoms with E-state index >= 15 is 0 Å². The van der Waals surface area contributed by atoms with Gasteiger partial charge in [0.05, 0.1) is 5.69 Å². The molecule has 9 heteroatoms. The van der Waals surface area contributed by atoms with Gasteiger partial charge in [0.15, 0.2) is 0 Å². The van der Waals surface area contributed by atoms with Gasteiger partial charge in [0.25, 0.3) is 5.19 Å². The number of imide groups is 1. The number of aromatic nitrogens is 2. The Kier molecular flexibility index (Phi) is 5.55. The molecule has 2 heterocycles. The van der Waals surface area contributed by atoms with Crippen LogP contribution in [0.4, 0.5) is 9.59 Å². The van der Waals surface area contributed by atoms with Crippen LogP contribution >= 0.6 is 27.3 Å². The molecule has 2 aromatic rings. The van der Waals surface area contributed by atoms with E-state index in [4.69, 9.17) is 9.47 Å². The molecule has 0 aliphatic carbocycles. The maximum Gasteiger partial charge on any atom is 0.424 e. The Balaban J connectivity index is 2.05. The number of hydrogen-bond donors (Lipinski definition) is 1. The second-order valence-corrected chi connectivity index (χ2v) is 8.06. The second kappa shape index (κ2) is 7.27. The molecule has 0 unspecified atom stereocenters. The number of alkyl carbamates (subject to hydrolysis) is 1. The number of carbonyl (C=O) groups is 2. The van der Waals surface area contributed by atoms with E-state index in [1.165, 1.54) is 0 Å². The first kappa shape index (κ1) is 18.3. The van der Waals surface area contributed by atoms with Gasteiger partial charge in [-0.1, -0.05) is 17.4 Å². The molecular formula is C15H16BrN3O4S. The summed E-state index contributed by atoms with van der Waals surface area (Å²) in [5.74, 6) is 0. The first-order chi connectivity index (χ1) is 11.1. The number of nitrogens with one attached hydrogen (secondary N) is 1. The molecule has 2 aromatic heterocycles. The molecule has 2 amide bonds. The topological polar surface area (TPSA) is 90.4 Å². The highest BCUT2D eigenvalue weighted by Crippen LogP contribution is 2.36. The molecule has 0 spiro atoms. The van der Waals surface area contributed by atoms with Gasteiger partial charge >= 0.3 is 12.2 Å². The van der Waals surface area contributed by atoms with Crippen molar-refractivity contribution in [3.63, 3.8) is 0 Å². The van der Waals surface area contributed by atoms with Crippen LogP contribution in [0, 0.1) is 6.92 Å². The van der Waals surface area contributed by atoms with Gasteiger partial charge in [0.2, 0.25) is 0 Å². The normalized spacial score (nSPS) is 11.0. The van der Waals surface area contributed by atoms with Gasteiger partial charge < -0.3 is 9.47 Å². The van der Waals surface area contributed by atoms with E-state index in [1.54, 1.807) is 26.8 Å². The van der Waals surface area contributed by atoms with E-state index in [9.17, 15) is 9.59 Å². The molecule has 0 saturated carbocycles. The Morgan fingerprint density at radius 1 is 1.21 bits per heavy atom. The smallest absolute Gasteiger partial charge is 0.424 e. The maximum atomic E-state index is 11.7. The van der Waals surface area contributed by atoms with E-state index in [0.29, 0.717) is 15.2 Å². The molecule has 7 nitrogen and oxygen atoms in total. The highest BCUT2D eigenvalue weighted by atomic mass is 79.9. The number of pyridine rings is 1. The number of thiazole rings is 1. The minimum atomic E-state index is -0.964. The van der Waals surface area contributed by atoms with Crippen LogP contribution in [-0.4, -0.2) is 27.8 Å². The lowest BCUT2D eigenvalue weighted by Gasteiger charge is -2.18. The first-order valence-corrected chi connectivity index (χ1v) is 8.57. The summed E-state index contributed by atoms with van der Waals surface area (Å²) < 4.78 is 10.6. The zero-order valence-electron chi connectivity index (χ0n) is 13.5.